The first-order chi connectivity index (χ1) is 9.13. The van der Waals surface area contributed by atoms with Crippen LogP contribution in [0.15, 0.2) is 9.95 Å². The zero-order valence-corrected chi connectivity index (χ0v) is 12.2. The number of H-pyrrole nitrogens is 1. The summed E-state index contributed by atoms with van der Waals surface area (Å²) in [5, 5.41) is 9.92. The number of carbonyl (C=O) groups is 1. The van der Waals surface area contributed by atoms with E-state index in [0.29, 0.717) is 30.5 Å². The van der Waals surface area contributed by atoms with Crippen molar-refractivity contribution >= 4 is 17.7 Å². The van der Waals surface area contributed by atoms with E-state index in [1.807, 2.05) is 6.92 Å². The van der Waals surface area contributed by atoms with Crippen LogP contribution in [0.5, 0.6) is 0 Å². The van der Waals surface area contributed by atoms with E-state index in [4.69, 9.17) is 4.74 Å². The molecule has 0 saturated carbocycles. The first-order valence-electron chi connectivity index (χ1n) is 6.25. The Labute approximate surface area is 116 Å². The number of thioether (sulfide) groups is 1. The highest BCUT2D eigenvalue weighted by Gasteiger charge is 2.17. The van der Waals surface area contributed by atoms with Gasteiger partial charge in [-0.05, 0) is 27.3 Å². The molecule has 1 rings (SSSR count). The molecule has 8 heteroatoms. The zero-order valence-electron chi connectivity index (χ0n) is 11.4. The topological polar surface area (TPSA) is 89.0 Å². The molecule has 0 fully saturated rings. The lowest BCUT2D eigenvalue weighted by Gasteiger charge is -2.13. The van der Waals surface area contributed by atoms with Crippen LogP contribution in [0, 0.1) is 0 Å². The molecule has 0 saturated heterocycles. The van der Waals surface area contributed by atoms with E-state index in [2.05, 4.69) is 15.5 Å². The summed E-state index contributed by atoms with van der Waals surface area (Å²) in [6.45, 7) is 4.61. The van der Waals surface area contributed by atoms with E-state index in [0.717, 1.165) is 0 Å². The number of carbonyl (C=O) groups excluding carboxylic acids is 1. The maximum absolute atomic E-state index is 11.6. The van der Waals surface area contributed by atoms with Gasteiger partial charge in [0.2, 0.25) is 0 Å². The second-order valence-corrected chi connectivity index (χ2v) is 4.85. The van der Waals surface area contributed by atoms with Crippen molar-refractivity contribution in [2.75, 3.05) is 19.4 Å². The highest BCUT2D eigenvalue weighted by molar-refractivity contribution is 7.99. The van der Waals surface area contributed by atoms with Gasteiger partial charge in [0, 0.05) is 12.3 Å². The summed E-state index contributed by atoms with van der Waals surface area (Å²) in [7, 11) is 1.72. The molecule has 1 atom stereocenters. The maximum Gasteiger partial charge on any atom is 0.343 e. The number of nitrogens with zero attached hydrogens (tertiary/aromatic N) is 2. The molecule has 0 radical (unpaired) electrons. The summed E-state index contributed by atoms with van der Waals surface area (Å²) in [6.07, 6.45) is 0.616. The molecule has 0 spiro atoms. The normalized spacial score (nSPS) is 12.4. The minimum Gasteiger partial charge on any atom is -0.465 e. The molecule has 1 aromatic rings. The molecule has 0 bridgehead atoms. The summed E-state index contributed by atoms with van der Waals surface area (Å²) >= 11 is 1.44. The monoisotopic (exact) mass is 288 g/mol. The van der Waals surface area contributed by atoms with Gasteiger partial charge in [-0.2, -0.15) is 0 Å². The van der Waals surface area contributed by atoms with E-state index < -0.39 is 0 Å². The van der Waals surface area contributed by atoms with E-state index in [1.54, 1.807) is 18.5 Å². The number of ether oxygens (including phenoxy) is 1. The number of rotatable bonds is 8. The first-order valence-corrected chi connectivity index (χ1v) is 7.24. The fourth-order valence-electron chi connectivity index (χ4n) is 1.58. The highest BCUT2D eigenvalue weighted by Crippen LogP contribution is 2.15. The van der Waals surface area contributed by atoms with E-state index in [9.17, 15) is 9.59 Å². The number of likely N-dealkylation sites (N-methyl/N-ethyl adjacent to an activating group) is 1. The Morgan fingerprint density at radius 3 is 2.89 bits per heavy atom. The van der Waals surface area contributed by atoms with Gasteiger partial charge in [-0.3, -0.25) is 9.36 Å². The van der Waals surface area contributed by atoms with Crippen molar-refractivity contribution in [2.24, 2.45) is 0 Å². The number of aromatic nitrogens is 3. The number of hydrogen-bond acceptors (Lipinski definition) is 6. The average molecular weight is 288 g/mol. The van der Waals surface area contributed by atoms with Crippen LogP contribution in [-0.4, -0.2) is 46.2 Å². The standard InChI is InChI=1S/C11H20N4O3S/c1-4-15-10(17)13-14-11(15)19-7-6-8(12-3)9(16)18-5-2/h8,12H,4-7H2,1-3H3,(H,13,17). The van der Waals surface area contributed by atoms with Gasteiger partial charge in [0.25, 0.3) is 0 Å². The van der Waals surface area contributed by atoms with Crippen LogP contribution in [0.1, 0.15) is 20.3 Å². The highest BCUT2D eigenvalue weighted by atomic mass is 32.2. The van der Waals surface area contributed by atoms with Gasteiger partial charge in [0.15, 0.2) is 5.16 Å². The second kappa shape index (κ2) is 8.00. The number of nitrogens with one attached hydrogen (secondary N) is 2. The van der Waals surface area contributed by atoms with Gasteiger partial charge >= 0.3 is 11.7 Å². The van der Waals surface area contributed by atoms with Crippen LogP contribution < -0.4 is 11.0 Å². The molecule has 0 aromatic carbocycles. The SMILES string of the molecule is CCOC(=O)C(CCSc1n[nH]c(=O)n1CC)NC. The first kappa shape index (κ1) is 15.8. The minimum absolute atomic E-state index is 0.208. The Morgan fingerprint density at radius 1 is 1.58 bits per heavy atom. The molecule has 1 heterocycles. The summed E-state index contributed by atoms with van der Waals surface area (Å²) in [6, 6.07) is -0.326. The molecule has 0 aliphatic heterocycles. The maximum atomic E-state index is 11.6. The van der Waals surface area contributed by atoms with Gasteiger partial charge in [0.1, 0.15) is 6.04 Å². The third-order valence-corrected chi connectivity index (χ3v) is 3.61. The Bertz CT molecular complexity index is 457. The number of hydrogen-bond donors (Lipinski definition) is 2. The van der Waals surface area contributed by atoms with E-state index >= 15 is 0 Å². The zero-order chi connectivity index (χ0) is 14.3. The lowest BCUT2D eigenvalue weighted by Crippen LogP contribution is -2.36. The predicted octanol–water partition coefficient (Wildman–Crippen LogP) is 0.225. The summed E-state index contributed by atoms with van der Waals surface area (Å²) < 4.78 is 6.52. The summed E-state index contributed by atoms with van der Waals surface area (Å²) in [4.78, 5) is 22.9. The Balaban J connectivity index is 2.48. The largest absolute Gasteiger partial charge is 0.465 e. The third kappa shape index (κ3) is 4.39. The lowest BCUT2D eigenvalue weighted by molar-refractivity contribution is -0.145. The molecule has 1 aromatic heterocycles. The van der Waals surface area contributed by atoms with E-state index in [1.165, 1.54) is 11.8 Å². The van der Waals surface area contributed by atoms with Crippen LogP contribution in [0.4, 0.5) is 0 Å². The minimum atomic E-state index is -0.326. The molecule has 108 valence electrons. The molecular weight excluding hydrogens is 268 g/mol. The van der Waals surface area contributed by atoms with Gasteiger partial charge in [-0.15, -0.1) is 5.10 Å². The van der Waals surface area contributed by atoms with E-state index in [-0.39, 0.29) is 17.7 Å². The number of esters is 1. The smallest absolute Gasteiger partial charge is 0.343 e. The van der Waals surface area contributed by atoms with Crippen LogP contribution in [-0.2, 0) is 16.1 Å². The Morgan fingerprint density at radius 2 is 2.32 bits per heavy atom. The molecule has 0 amide bonds. The second-order valence-electron chi connectivity index (χ2n) is 3.79. The molecule has 7 nitrogen and oxygen atoms in total. The van der Waals surface area contributed by atoms with Crippen molar-refractivity contribution in [3.05, 3.63) is 10.5 Å². The van der Waals surface area contributed by atoms with Crippen LogP contribution >= 0.6 is 11.8 Å². The Kier molecular flexibility index (Phi) is 6.65. The third-order valence-electron chi connectivity index (χ3n) is 2.60. The lowest BCUT2D eigenvalue weighted by atomic mass is 10.2. The average Bonchev–Trinajstić information content (AvgIpc) is 2.75. The van der Waals surface area contributed by atoms with Gasteiger partial charge in [-0.25, -0.2) is 9.89 Å². The van der Waals surface area contributed by atoms with Crippen LogP contribution in [0.25, 0.3) is 0 Å². The fourth-order valence-corrected chi connectivity index (χ4v) is 2.60. The summed E-state index contributed by atoms with van der Waals surface area (Å²) in [5.74, 6) is 0.426. The van der Waals surface area contributed by atoms with Crippen molar-refractivity contribution in [1.82, 2.24) is 20.1 Å². The fraction of sp³-hybridized carbons (Fsp3) is 0.727. The molecular formula is C11H20N4O3S. The van der Waals surface area contributed by atoms with Gasteiger partial charge in [-0.1, -0.05) is 11.8 Å². The molecule has 1 unspecified atom stereocenters. The molecule has 0 aliphatic carbocycles. The quantitative estimate of drug-likeness (QED) is 0.525. The van der Waals surface area contributed by atoms with Crippen molar-refractivity contribution in [3.63, 3.8) is 0 Å². The number of aromatic amines is 1. The Hall–Kier alpha value is -1.28. The van der Waals surface area contributed by atoms with Gasteiger partial charge in [0.05, 0.1) is 6.61 Å². The van der Waals surface area contributed by atoms with Crippen molar-refractivity contribution in [3.8, 4) is 0 Å². The predicted molar refractivity (Wildman–Crippen MR) is 73.3 cm³/mol. The molecule has 19 heavy (non-hydrogen) atoms. The van der Waals surface area contributed by atoms with Crippen LogP contribution in [0.3, 0.4) is 0 Å². The molecule has 2 N–H and O–H groups in total. The van der Waals surface area contributed by atoms with Crippen molar-refractivity contribution in [2.45, 2.75) is 38.0 Å². The van der Waals surface area contributed by atoms with Crippen LogP contribution in [0.2, 0.25) is 0 Å². The van der Waals surface area contributed by atoms with Crippen molar-refractivity contribution in [1.29, 1.82) is 0 Å². The van der Waals surface area contributed by atoms with Gasteiger partial charge < -0.3 is 10.1 Å². The van der Waals surface area contributed by atoms with Crippen molar-refractivity contribution < 1.29 is 9.53 Å². The molecule has 0 aliphatic rings. The summed E-state index contributed by atoms with van der Waals surface area (Å²) in [5.41, 5.74) is -0.208.